The molecule has 2 aromatic carbocycles. The molecule has 0 bridgehead atoms. The quantitative estimate of drug-likeness (QED) is 0.711. The van der Waals surface area contributed by atoms with E-state index >= 15 is 0 Å². The lowest BCUT2D eigenvalue weighted by Crippen LogP contribution is -2.24. The number of nitrogens with zero attached hydrogens (tertiary/aromatic N) is 1. The lowest BCUT2D eigenvalue weighted by atomic mass is 10.1. The predicted molar refractivity (Wildman–Crippen MR) is 118 cm³/mol. The Morgan fingerprint density at radius 3 is 2.61 bits per heavy atom. The van der Waals surface area contributed by atoms with Gasteiger partial charge in [0, 0.05) is 25.1 Å². The van der Waals surface area contributed by atoms with Crippen molar-refractivity contribution in [2.45, 2.75) is 43.4 Å². The zero-order valence-electron chi connectivity index (χ0n) is 17.5. The zero-order valence-corrected chi connectivity index (χ0v) is 18.3. The maximum absolute atomic E-state index is 12.7. The Morgan fingerprint density at radius 2 is 1.87 bits per heavy atom. The number of hydrogen-bond acceptors (Lipinski definition) is 5. The van der Waals surface area contributed by atoms with Gasteiger partial charge in [-0.05, 0) is 67.1 Å². The molecule has 1 aliphatic carbocycles. The largest absolute Gasteiger partial charge is 0.495 e. The van der Waals surface area contributed by atoms with Crippen molar-refractivity contribution in [1.82, 2.24) is 0 Å². The SMILES string of the molecule is COc1ccc(NC(=O)CCS(=O)(=O)c2ccc3c(c2)CCC3)cc1N1CCCC1=O. The third-order valence-electron chi connectivity index (χ3n) is 5.85. The van der Waals surface area contributed by atoms with Crippen LogP contribution in [0.3, 0.4) is 0 Å². The van der Waals surface area contributed by atoms with Gasteiger partial charge in [0.25, 0.3) is 0 Å². The van der Waals surface area contributed by atoms with E-state index < -0.39 is 15.7 Å². The van der Waals surface area contributed by atoms with Crippen molar-refractivity contribution < 1.29 is 22.7 Å². The fraction of sp³-hybridized carbons (Fsp3) is 0.391. The number of hydrogen-bond donors (Lipinski definition) is 1. The van der Waals surface area contributed by atoms with Crippen LogP contribution in [0.25, 0.3) is 0 Å². The summed E-state index contributed by atoms with van der Waals surface area (Å²) in [7, 11) is -2.01. The van der Waals surface area contributed by atoms with E-state index in [0.29, 0.717) is 30.1 Å². The third-order valence-corrected chi connectivity index (χ3v) is 7.57. The molecule has 0 radical (unpaired) electrons. The van der Waals surface area contributed by atoms with E-state index in [1.807, 2.05) is 6.07 Å². The molecule has 2 amide bonds. The molecule has 0 saturated carbocycles. The molecule has 0 unspecified atom stereocenters. The fourth-order valence-corrected chi connectivity index (χ4v) is 5.48. The van der Waals surface area contributed by atoms with Gasteiger partial charge < -0.3 is 15.0 Å². The van der Waals surface area contributed by atoms with Crippen molar-refractivity contribution in [1.29, 1.82) is 0 Å². The van der Waals surface area contributed by atoms with E-state index in [0.717, 1.165) is 31.2 Å². The first kappa shape index (κ1) is 21.4. The molecule has 8 heteroatoms. The van der Waals surface area contributed by atoms with Crippen molar-refractivity contribution >= 4 is 33.0 Å². The second-order valence-electron chi connectivity index (χ2n) is 7.94. The molecule has 2 aliphatic rings. The standard InChI is InChI=1S/C23H26N2O5S/c1-30-21-10-8-18(15-20(21)25-12-3-6-23(25)27)24-22(26)11-13-31(28,29)19-9-7-16-4-2-5-17(16)14-19/h7-10,14-15H,2-6,11-13H2,1H3,(H,24,26). The molecular formula is C23H26N2O5S. The normalized spacial score (nSPS) is 15.8. The number of rotatable bonds is 7. The number of benzene rings is 2. The lowest BCUT2D eigenvalue weighted by molar-refractivity contribution is -0.117. The van der Waals surface area contributed by atoms with Gasteiger partial charge in [0.05, 0.1) is 23.4 Å². The second-order valence-corrected chi connectivity index (χ2v) is 10.0. The van der Waals surface area contributed by atoms with Gasteiger partial charge in [0.15, 0.2) is 9.84 Å². The average Bonchev–Trinajstić information content (AvgIpc) is 3.40. The van der Waals surface area contributed by atoms with Gasteiger partial charge in [0.1, 0.15) is 5.75 Å². The first-order chi connectivity index (χ1) is 14.9. The number of carbonyl (C=O) groups is 2. The van der Waals surface area contributed by atoms with Crippen molar-refractivity contribution in [3.8, 4) is 5.75 Å². The van der Waals surface area contributed by atoms with Gasteiger partial charge in [-0.25, -0.2) is 8.42 Å². The summed E-state index contributed by atoms with van der Waals surface area (Å²) in [4.78, 5) is 26.5. The Hall–Kier alpha value is -2.87. The van der Waals surface area contributed by atoms with Crippen LogP contribution in [0.1, 0.15) is 36.8 Å². The molecule has 2 aromatic rings. The lowest BCUT2D eigenvalue weighted by Gasteiger charge is -2.20. The van der Waals surface area contributed by atoms with E-state index in [1.54, 1.807) is 35.2 Å². The molecule has 1 aliphatic heterocycles. The van der Waals surface area contributed by atoms with Crippen molar-refractivity contribution in [3.63, 3.8) is 0 Å². The monoisotopic (exact) mass is 442 g/mol. The summed E-state index contributed by atoms with van der Waals surface area (Å²) < 4.78 is 30.7. The van der Waals surface area contributed by atoms with E-state index in [2.05, 4.69) is 5.32 Å². The number of fused-ring (bicyclic) bond motifs is 1. The van der Waals surface area contributed by atoms with Gasteiger partial charge >= 0.3 is 0 Å². The number of ether oxygens (including phenoxy) is 1. The zero-order chi connectivity index (χ0) is 22.0. The minimum Gasteiger partial charge on any atom is -0.495 e. The van der Waals surface area contributed by atoms with Crippen LogP contribution in [0.5, 0.6) is 5.75 Å². The molecule has 31 heavy (non-hydrogen) atoms. The van der Waals surface area contributed by atoms with Crippen LogP contribution in [0.15, 0.2) is 41.3 Å². The van der Waals surface area contributed by atoms with Gasteiger partial charge in [-0.2, -0.15) is 0 Å². The Morgan fingerprint density at radius 1 is 1.06 bits per heavy atom. The van der Waals surface area contributed by atoms with Crippen LogP contribution >= 0.6 is 0 Å². The molecule has 164 valence electrons. The van der Waals surface area contributed by atoms with E-state index in [-0.39, 0.29) is 23.0 Å². The van der Waals surface area contributed by atoms with Gasteiger partial charge in [-0.1, -0.05) is 6.07 Å². The highest BCUT2D eigenvalue weighted by atomic mass is 32.2. The summed E-state index contributed by atoms with van der Waals surface area (Å²) in [6.45, 7) is 0.603. The molecule has 0 aromatic heterocycles. The highest BCUT2D eigenvalue weighted by Gasteiger charge is 2.25. The minimum atomic E-state index is -3.54. The molecule has 1 saturated heterocycles. The van der Waals surface area contributed by atoms with Crippen molar-refractivity contribution in [3.05, 3.63) is 47.5 Å². The van der Waals surface area contributed by atoms with Crippen molar-refractivity contribution in [2.24, 2.45) is 0 Å². The van der Waals surface area contributed by atoms with Gasteiger partial charge in [0.2, 0.25) is 11.8 Å². The van der Waals surface area contributed by atoms with Crippen LogP contribution in [0, 0.1) is 0 Å². The fourth-order valence-electron chi connectivity index (χ4n) is 4.19. The van der Waals surface area contributed by atoms with E-state index in [4.69, 9.17) is 4.74 Å². The molecule has 7 nitrogen and oxygen atoms in total. The van der Waals surface area contributed by atoms with E-state index in [9.17, 15) is 18.0 Å². The van der Waals surface area contributed by atoms with Gasteiger partial charge in [-0.3, -0.25) is 9.59 Å². The minimum absolute atomic E-state index is 0.0159. The summed E-state index contributed by atoms with van der Waals surface area (Å²) in [5, 5.41) is 2.74. The number of nitrogens with one attached hydrogen (secondary N) is 1. The Kier molecular flexibility index (Phi) is 6.00. The molecule has 1 N–H and O–H groups in total. The van der Waals surface area contributed by atoms with Crippen LogP contribution in [-0.4, -0.2) is 39.6 Å². The summed E-state index contributed by atoms with van der Waals surface area (Å²) >= 11 is 0. The molecule has 0 atom stereocenters. The Labute approximate surface area is 182 Å². The van der Waals surface area contributed by atoms with Crippen LogP contribution in [-0.2, 0) is 32.3 Å². The first-order valence-electron chi connectivity index (χ1n) is 10.5. The number of sulfone groups is 1. The third kappa shape index (κ3) is 4.58. The highest BCUT2D eigenvalue weighted by molar-refractivity contribution is 7.91. The van der Waals surface area contributed by atoms with Crippen LogP contribution < -0.4 is 15.0 Å². The summed E-state index contributed by atoms with van der Waals surface area (Å²) in [5.41, 5.74) is 3.40. The Bertz CT molecular complexity index is 1130. The molecule has 1 heterocycles. The Balaban J connectivity index is 1.42. The summed E-state index contributed by atoms with van der Waals surface area (Å²) in [5.74, 6) is -0.0890. The number of amides is 2. The number of carbonyl (C=O) groups excluding carboxylic acids is 2. The van der Waals surface area contributed by atoms with Crippen molar-refractivity contribution in [2.75, 3.05) is 29.6 Å². The first-order valence-corrected chi connectivity index (χ1v) is 12.2. The second kappa shape index (κ2) is 8.70. The number of aryl methyl sites for hydroxylation is 2. The molecule has 1 fully saturated rings. The van der Waals surface area contributed by atoms with Crippen LogP contribution in [0.4, 0.5) is 11.4 Å². The summed E-state index contributed by atoms with van der Waals surface area (Å²) in [6, 6.07) is 10.3. The van der Waals surface area contributed by atoms with Crippen LogP contribution in [0.2, 0.25) is 0 Å². The predicted octanol–water partition coefficient (Wildman–Crippen LogP) is 3.11. The maximum atomic E-state index is 12.7. The van der Waals surface area contributed by atoms with Gasteiger partial charge in [-0.15, -0.1) is 0 Å². The highest BCUT2D eigenvalue weighted by Crippen LogP contribution is 2.34. The maximum Gasteiger partial charge on any atom is 0.227 e. The van der Waals surface area contributed by atoms with E-state index in [1.165, 1.54) is 12.7 Å². The number of anilines is 2. The number of methoxy groups -OCH3 is 1. The molecular weight excluding hydrogens is 416 g/mol. The average molecular weight is 443 g/mol. The smallest absolute Gasteiger partial charge is 0.227 e. The molecule has 0 spiro atoms. The molecule has 4 rings (SSSR count). The topological polar surface area (TPSA) is 92.8 Å². The summed E-state index contributed by atoms with van der Waals surface area (Å²) in [6.07, 6.45) is 4.06.